The van der Waals surface area contributed by atoms with Crippen LogP contribution in [0.2, 0.25) is 0 Å². The van der Waals surface area contributed by atoms with Gasteiger partial charge in [0, 0.05) is 31.9 Å². The average molecular weight is 290 g/mol. The predicted octanol–water partition coefficient (Wildman–Crippen LogP) is -0.169. The van der Waals surface area contributed by atoms with Crippen molar-refractivity contribution in [2.24, 2.45) is 5.73 Å². The summed E-state index contributed by atoms with van der Waals surface area (Å²) in [6.07, 6.45) is 1.25. The third-order valence-corrected chi connectivity index (χ3v) is 3.66. The van der Waals surface area contributed by atoms with Crippen LogP contribution in [-0.4, -0.2) is 54.3 Å². The van der Waals surface area contributed by atoms with Crippen LogP contribution < -0.4 is 11.5 Å². The van der Waals surface area contributed by atoms with Crippen molar-refractivity contribution >= 4 is 17.5 Å². The van der Waals surface area contributed by atoms with Crippen molar-refractivity contribution in [2.75, 3.05) is 38.5 Å². The third kappa shape index (κ3) is 4.75. The smallest absolute Gasteiger partial charge is 0.231 e. The average Bonchev–Trinajstić information content (AvgIpc) is 2.66. The van der Waals surface area contributed by atoms with Gasteiger partial charge in [-0.1, -0.05) is 12.1 Å². The molecule has 0 bridgehead atoms. The van der Waals surface area contributed by atoms with Crippen molar-refractivity contribution in [3.8, 4) is 0 Å². The van der Waals surface area contributed by atoms with Gasteiger partial charge in [-0.25, -0.2) is 0 Å². The minimum Gasteiger partial charge on any atom is -0.399 e. The number of carbonyl (C=O) groups is 2. The quantitative estimate of drug-likeness (QED) is 0.753. The van der Waals surface area contributed by atoms with E-state index in [1.807, 2.05) is 21.9 Å². The monoisotopic (exact) mass is 290 g/mol. The van der Waals surface area contributed by atoms with Crippen molar-refractivity contribution in [3.63, 3.8) is 0 Å². The van der Waals surface area contributed by atoms with Gasteiger partial charge in [0.25, 0.3) is 0 Å². The summed E-state index contributed by atoms with van der Waals surface area (Å²) in [5, 5.41) is 0. The highest BCUT2D eigenvalue weighted by molar-refractivity contribution is 5.79. The van der Waals surface area contributed by atoms with Gasteiger partial charge in [0.15, 0.2) is 0 Å². The van der Waals surface area contributed by atoms with E-state index in [4.69, 9.17) is 11.5 Å². The summed E-state index contributed by atoms with van der Waals surface area (Å²) in [4.78, 5) is 27.1. The largest absolute Gasteiger partial charge is 0.399 e. The van der Waals surface area contributed by atoms with Gasteiger partial charge in [-0.15, -0.1) is 0 Å². The zero-order chi connectivity index (χ0) is 15.2. The van der Waals surface area contributed by atoms with Crippen LogP contribution in [0.4, 0.5) is 5.69 Å². The van der Waals surface area contributed by atoms with E-state index >= 15 is 0 Å². The Morgan fingerprint density at radius 2 is 1.76 bits per heavy atom. The first-order chi connectivity index (χ1) is 10.0. The molecule has 6 heteroatoms. The molecule has 1 heterocycles. The first kappa shape index (κ1) is 15.3. The number of amides is 2. The summed E-state index contributed by atoms with van der Waals surface area (Å²) in [6.45, 7) is 3.12. The van der Waals surface area contributed by atoms with E-state index in [1.165, 1.54) is 0 Å². The van der Waals surface area contributed by atoms with E-state index in [2.05, 4.69) is 0 Å². The third-order valence-electron chi connectivity index (χ3n) is 3.66. The Labute approximate surface area is 124 Å². The maximum atomic E-state index is 12.3. The number of hydrogen-bond acceptors (Lipinski definition) is 4. The molecule has 2 amide bonds. The van der Waals surface area contributed by atoms with Crippen LogP contribution in [0.1, 0.15) is 12.0 Å². The second-order valence-corrected chi connectivity index (χ2v) is 5.40. The minimum atomic E-state index is -0.323. The fourth-order valence-electron chi connectivity index (χ4n) is 2.52. The molecule has 1 fully saturated rings. The van der Waals surface area contributed by atoms with Crippen molar-refractivity contribution in [1.82, 2.24) is 9.80 Å². The number of nitrogens with zero attached hydrogens (tertiary/aromatic N) is 2. The molecule has 0 saturated carbocycles. The summed E-state index contributed by atoms with van der Waals surface area (Å²) in [5.41, 5.74) is 12.5. The maximum absolute atomic E-state index is 12.3. The van der Waals surface area contributed by atoms with Gasteiger partial charge in [0.2, 0.25) is 11.8 Å². The van der Waals surface area contributed by atoms with E-state index in [9.17, 15) is 9.59 Å². The van der Waals surface area contributed by atoms with E-state index in [0.717, 1.165) is 25.1 Å². The van der Waals surface area contributed by atoms with Gasteiger partial charge in [0.05, 0.1) is 13.0 Å². The molecular formula is C15H22N4O2. The lowest BCUT2D eigenvalue weighted by atomic mass is 10.1. The van der Waals surface area contributed by atoms with Crippen LogP contribution in [-0.2, 0) is 16.0 Å². The molecule has 1 saturated heterocycles. The number of hydrogen-bond donors (Lipinski definition) is 2. The Hall–Kier alpha value is -2.08. The van der Waals surface area contributed by atoms with E-state index in [1.54, 1.807) is 12.1 Å². The van der Waals surface area contributed by atoms with E-state index in [0.29, 0.717) is 25.2 Å². The fraction of sp³-hybridized carbons (Fsp3) is 0.467. The second kappa shape index (κ2) is 7.08. The van der Waals surface area contributed by atoms with E-state index in [-0.39, 0.29) is 18.4 Å². The SMILES string of the molecule is NC(=O)CN1CCCN(C(=O)Cc2ccc(N)cc2)CC1. The molecule has 0 aliphatic carbocycles. The Morgan fingerprint density at radius 1 is 1.05 bits per heavy atom. The number of rotatable bonds is 4. The van der Waals surface area contributed by atoms with Crippen LogP contribution >= 0.6 is 0 Å². The predicted molar refractivity (Wildman–Crippen MR) is 81.4 cm³/mol. The lowest BCUT2D eigenvalue weighted by Gasteiger charge is -2.21. The van der Waals surface area contributed by atoms with Gasteiger partial charge in [-0.3, -0.25) is 14.5 Å². The lowest BCUT2D eigenvalue weighted by Crippen LogP contribution is -2.38. The molecule has 1 aromatic carbocycles. The normalized spacial score (nSPS) is 16.5. The molecule has 1 aliphatic rings. The number of benzene rings is 1. The summed E-state index contributed by atoms with van der Waals surface area (Å²) in [7, 11) is 0. The molecule has 0 aromatic heterocycles. The highest BCUT2D eigenvalue weighted by atomic mass is 16.2. The topological polar surface area (TPSA) is 92.7 Å². The van der Waals surface area contributed by atoms with Gasteiger partial charge in [-0.2, -0.15) is 0 Å². The molecule has 0 unspecified atom stereocenters. The summed E-state index contributed by atoms with van der Waals surface area (Å²) in [5.74, 6) is -0.211. The Bertz CT molecular complexity index is 501. The van der Waals surface area contributed by atoms with Crippen molar-refractivity contribution in [2.45, 2.75) is 12.8 Å². The molecule has 0 radical (unpaired) electrons. The number of primary amides is 1. The van der Waals surface area contributed by atoms with Crippen LogP contribution in [0.25, 0.3) is 0 Å². The zero-order valence-corrected chi connectivity index (χ0v) is 12.1. The number of anilines is 1. The first-order valence-corrected chi connectivity index (χ1v) is 7.17. The molecule has 21 heavy (non-hydrogen) atoms. The standard InChI is InChI=1S/C15H22N4O2/c16-13-4-2-12(3-5-13)10-15(21)19-7-1-6-18(8-9-19)11-14(17)20/h2-5H,1,6-11,16H2,(H2,17,20). The van der Waals surface area contributed by atoms with Crippen molar-refractivity contribution in [3.05, 3.63) is 29.8 Å². The zero-order valence-electron chi connectivity index (χ0n) is 12.1. The van der Waals surface area contributed by atoms with Crippen LogP contribution in [0, 0.1) is 0 Å². The van der Waals surface area contributed by atoms with Crippen molar-refractivity contribution < 1.29 is 9.59 Å². The van der Waals surface area contributed by atoms with Crippen LogP contribution in [0.5, 0.6) is 0 Å². The Morgan fingerprint density at radius 3 is 2.43 bits per heavy atom. The lowest BCUT2D eigenvalue weighted by molar-refractivity contribution is -0.130. The molecule has 114 valence electrons. The summed E-state index contributed by atoms with van der Waals surface area (Å²) >= 11 is 0. The number of nitrogens with two attached hydrogens (primary N) is 2. The van der Waals surface area contributed by atoms with Gasteiger partial charge in [0.1, 0.15) is 0 Å². The summed E-state index contributed by atoms with van der Waals surface area (Å²) in [6, 6.07) is 7.37. The molecule has 4 N–H and O–H groups in total. The Balaban J connectivity index is 1.88. The highest BCUT2D eigenvalue weighted by Crippen LogP contribution is 2.09. The minimum absolute atomic E-state index is 0.112. The molecule has 1 aromatic rings. The van der Waals surface area contributed by atoms with Gasteiger partial charge >= 0.3 is 0 Å². The van der Waals surface area contributed by atoms with Crippen molar-refractivity contribution in [1.29, 1.82) is 0 Å². The molecule has 6 nitrogen and oxygen atoms in total. The molecule has 0 spiro atoms. The molecule has 1 aliphatic heterocycles. The molecule has 0 atom stereocenters. The number of nitrogen functional groups attached to an aromatic ring is 1. The van der Waals surface area contributed by atoms with Gasteiger partial charge in [-0.05, 0) is 24.1 Å². The van der Waals surface area contributed by atoms with E-state index < -0.39 is 0 Å². The highest BCUT2D eigenvalue weighted by Gasteiger charge is 2.19. The fourth-order valence-corrected chi connectivity index (χ4v) is 2.52. The number of carbonyl (C=O) groups excluding carboxylic acids is 2. The van der Waals surface area contributed by atoms with Crippen LogP contribution in [0.3, 0.4) is 0 Å². The van der Waals surface area contributed by atoms with Gasteiger partial charge < -0.3 is 16.4 Å². The second-order valence-electron chi connectivity index (χ2n) is 5.40. The maximum Gasteiger partial charge on any atom is 0.231 e. The summed E-state index contributed by atoms with van der Waals surface area (Å²) < 4.78 is 0. The Kier molecular flexibility index (Phi) is 5.16. The molecule has 2 rings (SSSR count). The molecular weight excluding hydrogens is 268 g/mol. The van der Waals surface area contributed by atoms with Crippen LogP contribution in [0.15, 0.2) is 24.3 Å². The first-order valence-electron chi connectivity index (χ1n) is 7.17.